The number of methoxy groups -OCH3 is 2. The highest BCUT2D eigenvalue weighted by Gasteiger charge is 2.19. The maximum atomic E-state index is 6.24. The van der Waals surface area contributed by atoms with Crippen molar-refractivity contribution in [3.05, 3.63) is 42.5 Å². The highest BCUT2D eigenvalue weighted by atomic mass is 32.1. The Balaban J connectivity index is 1.46. The van der Waals surface area contributed by atoms with E-state index in [1.807, 2.05) is 18.2 Å². The van der Waals surface area contributed by atoms with Crippen LogP contribution in [0.5, 0.6) is 11.5 Å². The van der Waals surface area contributed by atoms with Crippen LogP contribution in [0.2, 0.25) is 0 Å². The highest BCUT2D eigenvalue weighted by molar-refractivity contribution is 7.19. The Morgan fingerprint density at radius 2 is 1.72 bits per heavy atom. The summed E-state index contributed by atoms with van der Waals surface area (Å²) in [6, 6.07) is 14.8. The smallest absolute Gasteiger partial charge is 0.189 e. The molecule has 1 fully saturated rings. The summed E-state index contributed by atoms with van der Waals surface area (Å²) in [4.78, 5) is 10.4. The van der Waals surface area contributed by atoms with E-state index in [1.54, 1.807) is 14.2 Å². The van der Waals surface area contributed by atoms with E-state index in [9.17, 15) is 0 Å². The molecule has 0 amide bonds. The molecule has 4 rings (SSSR count). The Bertz CT molecular complexity index is 1040. The van der Waals surface area contributed by atoms with Crippen molar-refractivity contribution in [3.8, 4) is 21.9 Å². The molecule has 1 aliphatic rings. The zero-order chi connectivity index (χ0) is 22.7. The average molecular weight is 454 g/mol. The quantitative estimate of drug-likeness (QED) is 0.538. The molecule has 3 N–H and O–H groups in total. The van der Waals surface area contributed by atoms with Crippen molar-refractivity contribution in [3.63, 3.8) is 0 Å². The summed E-state index contributed by atoms with van der Waals surface area (Å²) in [5.74, 6) is 1.91. The third-order valence-corrected chi connectivity index (χ3v) is 6.85. The first-order chi connectivity index (χ1) is 15.5. The first-order valence-electron chi connectivity index (χ1n) is 10.8. The molecule has 7 nitrogen and oxygen atoms in total. The van der Waals surface area contributed by atoms with E-state index < -0.39 is 0 Å². The standard InChI is InChI=1S/C24H31N5O2S/c1-16(2)28-11-13-29(14-12-28)18-7-5-17(6-8-18)26-24-27-23(25)22(32-24)20-10-9-19(30-3)15-21(20)31-4/h5-10,15-16H,11-14,25H2,1-4H3,(H,26,27). The molecule has 0 bridgehead atoms. The summed E-state index contributed by atoms with van der Waals surface area (Å²) < 4.78 is 10.8. The van der Waals surface area contributed by atoms with Gasteiger partial charge in [0.05, 0.1) is 19.1 Å². The molecule has 0 atom stereocenters. The molecule has 2 heterocycles. The van der Waals surface area contributed by atoms with Crippen LogP contribution in [0.25, 0.3) is 10.4 Å². The summed E-state index contributed by atoms with van der Waals surface area (Å²) in [5.41, 5.74) is 9.37. The van der Waals surface area contributed by atoms with Gasteiger partial charge in [0, 0.05) is 55.2 Å². The molecule has 1 saturated heterocycles. The molecule has 0 radical (unpaired) electrons. The number of rotatable bonds is 7. The van der Waals surface area contributed by atoms with Crippen LogP contribution >= 0.6 is 11.3 Å². The molecule has 0 aliphatic carbocycles. The lowest BCUT2D eigenvalue weighted by Crippen LogP contribution is -2.48. The number of nitrogens with zero attached hydrogens (tertiary/aromatic N) is 3. The van der Waals surface area contributed by atoms with E-state index in [2.05, 4.69) is 58.2 Å². The topological polar surface area (TPSA) is 75.9 Å². The predicted octanol–water partition coefficient (Wildman–Crippen LogP) is 4.68. The van der Waals surface area contributed by atoms with E-state index in [1.165, 1.54) is 17.0 Å². The number of ether oxygens (including phenoxy) is 2. The molecule has 3 aromatic rings. The fourth-order valence-corrected chi connectivity index (χ4v) is 4.88. The lowest BCUT2D eigenvalue weighted by atomic mass is 10.1. The van der Waals surface area contributed by atoms with Crippen LogP contribution in [0.15, 0.2) is 42.5 Å². The van der Waals surface area contributed by atoms with Gasteiger partial charge in [-0.1, -0.05) is 11.3 Å². The number of anilines is 4. The van der Waals surface area contributed by atoms with Crippen LogP contribution < -0.4 is 25.4 Å². The van der Waals surface area contributed by atoms with Crippen molar-refractivity contribution in [2.24, 2.45) is 0 Å². The molecule has 2 aromatic carbocycles. The summed E-state index contributed by atoms with van der Waals surface area (Å²) >= 11 is 1.50. The Labute approximate surface area is 193 Å². The second-order valence-corrected chi connectivity index (χ2v) is 9.09. The maximum Gasteiger partial charge on any atom is 0.189 e. The zero-order valence-corrected chi connectivity index (χ0v) is 19.9. The number of nitrogen functional groups attached to an aromatic ring is 1. The van der Waals surface area contributed by atoms with Gasteiger partial charge < -0.3 is 25.4 Å². The van der Waals surface area contributed by atoms with Gasteiger partial charge in [0.15, 0.2) is 5.13 Å². The normalized spacial score (nSPS) is 14.6. The van der Waals surface area contributed by atoms with Gasteiger partial charge in [-0.3, -0.25) is 4.90 Å². The molecule has 8 heteroatoms. The van der Waals surface area contributed by atoms with Crippen molar-refractivity contribution < 1.29 is 9.47 Å². The Hall–Kier alpha value is -2.97. The Kier molecular flexibility index (Phi) is 6.72. The minimum atomic E-state index is 0.473. The molecule has 170 valence electrons. The Morgan fingerprint density at radius 1 is 1.00 bits per heavy atom. The van der Waals surface area contributed by atoms with Crippen LogP contribution in [0.4, 0.5) is 22.3 Å². The van der Waals surface area contributed by atoms with E-state index in [4.69, 9.17) is 15.2 Å². The van der Waals surface area contributed by atoms with Gasteiger partial charge >= 0.3 is 0 Å². The number of nitrogens with two attached hydrogens (primary N) is 1. The van der Waals surface area contributed by atoms with Crippen LogP contribution in [0.3, 0.4) is 0 Å². The summed E-state index contributed by atoms with van der Waals surface area (Å²) in [7, 11) is 3.27. The highest BCUT2D eigenvalue weighted by Crippen LogP contribution is 2.42. The maximum absolute atomic E-state index is 6.24. The molecule has 0 saturated carbocycles. The third-order valence-electron chi connectivity index (χ3n) is 5.83. The largest absolute Gasteiger partial charge is 0.497 e. The van der Waals surface area contributed by atoms with Gasteiger partial charge in [-0.25, -0.2) is 4.98 Å². The zero-order valence-electron chi connectivity index (χ0n) is 19.1. The molecular formula is C24H31N5O2S. The molecule has 1 aromatic heterocycles. The van der Waals surface area contributed by atoms with Gasteiger partial charge in [-0.2, -0.15) is 0 Å². The minimum Gasteiger partial charge on any atom is -0.497 e. The second-order valence-electron chi connectivity index (χ2n) is 8.09. The lowest BCUT2D eigenvalue weighted by molar-refractivity contribution is 0.209. The number of nitrogens with one attached hydrogen (secondary N) is 1. The van der Waals surface area contributed by atoms with E-state index in [-0.39, 0.29) is 0 Å². The van der Waals surface area contributed by atoms with E-state index in [0.717, 1.165) is 53.2 Å². The van der Waals surface area contributed by atoms with Gasteiger partial charge in [0.1, 0.15) is 17.3 Å². The molecule has 0 unspecified atom stereocenters. The average Bonchev–Trinajstić information content (AvgIpc) is 3.18. The molecular weight excluding hydrogens is 422 g/mol. The molecule has 32 heavy (non-hydrogen) atoms. The molecule has 1 aliphatic heterocycles. The van der Waals surface area contributed by atoms with Crippen molar-refractivity contribution >= 4 is 33.7 Å². The first kappa shape index (κ1) is 22.2. The van der Waals surface area contributed by atoms with Crippen molar-refractivity contribution in [1.82, 2.24) is 9.88 Å². The van der Waals surface area contributed by atoms with Crippen LogP contribution in [-0.2, 0) is 0 Å². The predicted molar refractivity (Wildman–Crippen MR) is 134 cm³/mol. The minimum absolute atomic E-state index is 0.473. The van der Waals surface area contributed by atoms with Crippen molar-refractivity contribution in [1.29, 1.82) is 0 Å². The van der Waals surface area contributed by atoms with E-state index in [0.29, 0.717) is 17.6 Å². The van der Waals surface area contributed by atoms with Gasteiger partial charge in [-0.05, 0) is 50.2 Å². The monoisotopic (exact) mass is 453 g/mol. The fourth-order valence-electron chi connectivity index (χ4n) is 3.94. The number of piperazine rings is 1. The fraction of sp³-hybridized carbons (Fsp3) is 0.375. The summed E-state index contributed by atoms with van der Waals surface area (Å²) in [5, 5.41) is 4.13. The molecule has 0 spiro atoms. The number of aromatic nitrogens is 1. The second kappa shape index (κ2) is 9.67. The number of hydrogen-bond acceptors (Lipinski definition) is 8. The Morgan fingerprint density at radius 3 is 2.34 bits per heavy atom. The van der Waals surface area contributed by atoms with Crippen LogP contribution in [-0.4, -0.2) is 56.3 Å². The number of thiazole rings is 1. The summed E-state index contributed by atoms with van der Waals surface area (Å²) in [6.07, 6.45) is 0. The van der Waals surface area contributed by atoms with Crippen LogP contribution in [0.1, 0.15) is 13.8 Å². The third kappa shape index (κ3) is 4.76. The first-order valence-corrected chi connectivity index (χ1v) is 11.6. The van der Waals surface area contributed by atoms with Crippen LogP contribution in [0, 0.1) is 0 Å². The van der Waals surface area contributed by atoms with Crippen molar-refractivity contribution in [2.45, 2.75) is 19.9 Å². The van der Waals surface area contributed by atoms with Gasteiger partial charge in [-0.15, -0.1) is 0 Å². The lowest BCUT2D eigenvalue weighted by Gasteiger charge is -2.38. The number of hydrogen-bond donors (Lipinski definition) is 2. The SMILES string of the molecule is COc1ccc(-c2sc(Nc3ccc(N4CCN(C(C)C)CC4)cc3)nc2N)c(OC)c1. The van der Waals surface area contributed by atoms with E-state index >= 15 is 0 Å². The summed E-state index contributed by atoms with van der Waals surface area (Å²) in [6.45, 7) is 8.85. The van der Waals surface area contributed by atoms with Gasteiger partial charge in [0.25, 0.3) is 0 Å². The van der Waals surface area contributed by atoms with Crippen molar-refractivity contribution in [2.75, 3.05) is 56.3 Å². The number of benzene rings is 2. The van der Waals surface area contributed by atoms with Gasteiger partial charge in [0.2, 0.25) is 0 Å².